The number of carbonyl (C=O) groups is 3. The van der Waals surface area contributed by atoms with Crippen LogP contribution in [0.1, 0.15) is 46.0 Å². The van der Waals surface area contributed by atoms with Crippen LogP contribution in [0.2, 0.25) is 0 Å². The first-order valence-electron chi connectivity index (χ1n) is 8.13. The van der Waals surface area contributed by atoms with Crippen molar-refractivity contribution in [2.45, 2.75) is 19.8 Å². The molecule has 0 heterocycles. The zero-order chi connectivity index (χ0) is 20.0. The SMILES string of the molecule is CC(C)c1ccc(OCC(=O)NNC(=O)c2ccccc2C(=O)O)c(Br)c1. The number of carboxylic acid groups (broad SMARTS) is 1. The average Bonchev–Trinajstić information content (AvgIpc) is 2.64. The third kappa shape index (κ3) is 5.55. The predicted molar refractivity (Wildman–Crippen MR) is 103 cm³/mol. The first kappa shape index (κ1) is 20.4. The second kappa shape index (κ2) is 9.18. The molecule has 0 unspecified atom stereocenters. The highest BCUT2D eigenvalue weighted by Gasteiger charge is 2.16. The van der Waals surface area contributed by atoms with Crippen LogP contribution < -0.4 is 15.6 Å². The molecule has 27 heavy (non-hydrogen) atoms. The molecule has 0 aromatic heterocycles. The average molecular weight is 435 g/mol. The second-order valence-corrected chi connectivity index (χ2v) is 6.84. The van der Waals surface area contributed by atoms with Crippen LogP contribution in [-0.4, -0.2) is 29.5 Å². The lowest BCUT2D eigenvalue weighted by Crippen LogP contribution is -2.44. The Labute approximate surface area is 164 Å². The highest BCUT2D eigenvalue weighted by Crippen LogP contribution is 2.28. The van der Waals surface area contributed by atoms with Gasteiger partial charge in [-0.3, -0.25) is 20.4 Å². The van der Waals surface area contributed by atoms with Crippen LogP contribution in [0.25, 0.3) is 0 Å². The maximum Gasteiger partial charge on any atom is 0.336 e. The van der Waals surface area contributed by atoms with Crippen molar-refractivity contribution in [2.75, 3.05) is 6.61 Å². The van der Waals surface area contributed by atoms with Gasteiger partial charge in [0.25, 0.3) is 11.8 Å². The van der Waals surface area contributed by atoms with E-state index in [0.717, 1.165) is 10.0 Å². The second-order valence-electron chi connectivity index (χ2n) is 5.99. The summed E-state index contributed by atoms with van der Waals surface area (Å²) in [5, 5.41) is 9.09. The van der Waals surface area contributed by atoms with Crippen molar-refractivity contribution in [1.29, 1.82) is 0 Å². The van der Waals surface area contributed by atoms with Gasteiger partial charge in [-0.2, -0.15) is 0 Å². The molecule has 0 radical (unpaired) electrons. The fourth-order valence-corrected chi connectivity index (χ4v) is 2.75. The smallest absolute Gasteiger partial charge is 0.336 e. The lowest BCUT2D eigenvalue weighted by atomic mass is 10.0. The molecule has 2 aromatic rings. The number of carboxylic acids is 1. The third-order valence-electron chi connectivity index (χ3n) is 3.70. The standard InChI is InChI=1S/C19H19BrN2O5/c1-11(2)12-7-8-16(15(20)9-12)27-10-17(23)21-22-18(24)13-5-3-4-6-14(13)19(25)26/h3-9,11H,10H2,1-2H3,(H,21,23)(H,22,24)(H,25,26). The van der Waals surface area contributed by atoms with E-state index in [1.54, 1.807) is 6.07 Å². The van der Waals surface area contributed by atoms with Crippen molar-refractivity contribution in [3.63, 3.8) is 0 Å². The van der Waals surface area contributed by atoms with Crippen LogP contribution in [0, 0.1) is 0 Å². The van der Waals surface area contributed by atoms with Gasteiger partial charge in [-0.25, -0.2) is 4.79 Å². The number of amides is 2. The van der Waals surface area contributed by atoms with E-state index in [1.807, 2.05) is 12.1 Å². The van der Waals surface area contributed by atoms with Gasteiger partial charge in [0.1, 0.15) is 5.75 Å². The van der Waals surface area contributed by atoms with E-state index in [-0.39, 0.29) is 17.7 Å². The van der Waals surface area contributed by atoms with Crippen LogP contribution in [0.5, 0.6) is 5.75 Å². The number of carbonyl (C=O) groups excluding carboxylic acids is 2. The number of benzene rings is 2. The van der Waals surface area contributed by atoms with E-state index < -0.39 is 17.8 Å². The van der Waals surface area contributed by atoms with Crippen molar-refractivity contribution >= 4 is 33.7 Å². The lowest BCUT2D eigenvalue weighted by Gasteiger charge is -2.12. The summed E-state index contributed by atoms with van der Waals surface area (Å²) >= 11 is 3.40. The third-order valence-corrected chi connectivity index (χ3v) is 4.32. The molecular formula is C19H19BrN2O5. The Bertz CT molecular complexity index is 867. The van der Waals surface area contributed by atoms with Crippen LogP contribution in [-0.2, 0) is 4.79 Å². The summed E-state index contributed by atoms with van der Waals surface area (Å²) in [6.07, 6.45) is 0. The minimum Gasteiger partial charge on any atom is -0.483 e. The molecule has 0 atom stereocenters. The molecule has 2 amide bonds. The van der Waals surface area contributed by atoms with Crippen LogP contribution >= 0.6 is 15.9 Å². The number of rotatable bonds is 6. The molecule has 0 fully saturated rings. The number of hydrogen-bond acceptors (Lipinski definition) is 4. The maximum absolute atomic E-state index is 12.1. The van der Waals surface area contributed by atoms with E-state index in [4.69, 9.17) is 9.84 Å². The van der Waals surface area contributed by atoms with Crippen molar-refractivity contribution < 1.29 is 24.2 Å². The number of hydrogen-bond donors (Lipinski definition) is 3. The topological polar surface area (TPSA) is 105 Å². The summed E-state index contributed by atoms with van der Waals surface area (Å²) in [5.41, 5.74) is 5.28. The largest absolute Gasteiger partial charge is 0.483 e. The molecule has 0 saturated carbocycles. The number of nitrogens with one attached hydrogen (secondary N) is 2. The van der Waals surface area contributed by atoms with Crippen LogP contribution in [0.3, 0.4) is 0 Å². The molecule has 0 bridgehead atoms. The van der Waals surface area contributed by atoms with Gasteiger partial charge in [0.05, 0.1) is 15.6 Å². The van der Waals surface area contributed by atoms with Gasteiger partial charge in [0, 0.05) is 0 Å². The van der Waals surface area contributed by atoms with Gasteiger partial charge >= 0.3 is 5.97 Å². The van der Waals surface area contributed by atoms with Gasteiger partial charge in [-0.15, -0.1) is 0 Å². The summed E-state index contributed by atoms with van der Waals surface area (Å²) in [4.78, 5) is 35.1. The van der Waals surface area contributed by atoms with Gasteiger partial charge in [0.15, 0.2) is 6.61 Å². The molecule has 2 aromatic carbocycles. The summed E-state index contributed by atoms with van der Waals surface area (Å²) in [7, 11) is 0. The van der Waals surface area contributed by atoms with E-state index in [9.17, 15) is 14.4 Å². The van der Waals surface area contributed by atoms with Gasteiger partial charge in [-0.05, 0) is 51.7 Å². The van der Waals surface area contributed by atoms with Crippen LogP contribution in [0.15, 0.2) is 46.9 Å². The van der Waals surface area contributed by atoms with Crippen molar-refractivity contribution in [3.8, 4) is 5.75 Å². The molecular weight excluding hydrogens is 416 g/mol. The minimum absolute atomic E-state index is 0.0572. The fraction of sp³-hybridized carbons (Fsp3) is 0.211. The molecule has 8 heteroatoms. The highest BCUT2D eigenvalue weighted by molar-refractivity contribution is 9.10. The quantitative estimate of drug-likeness (QED) is 0.605. The summed E-state index contributed by atoms with van der Waals surface area (Å²) in [5.74, 6) is -1.69. The maximum atomic E-state index is 12.1. The number of aromatic carboxylic acids is 1. The Morgan fingerprint density at radius 2 is 1.74 bits per heavy atom. The fourth-order valence-electron chi connectivity index (χ4n) is 2.23. The molecule has 0 saturated heterocycles. The highest BCUT2D eigenvalue weighted by atomic mass is 79.9. The normalized spacial score (nSPS) is 10.4. The molecule has 0 aliphatic rings. The molecule has 2 rings (SSSR count). The predicted octanol–water partition coefficient (Wildman–Crippen LogP) is 3.11. The molecule has 0 aliphatic heterocycles. The Morgan fingerprint density at radius 1 is 1.07 bits per heavy atom. The zero-order valence-electron chi connectivity index (χ0n) is 14.8. The van der Waals surface area contributed by atoms with Crippen molar-refractivity contribution in [1.82, 2.24) is 10.9 Å². The van der Waals surface area contributed by atoms with Crippen molar-refractivity contribution in [3.05, 3.63) is 63.6 Å². The molecule has 142 valence electrons. The van der Waals surface area contributed by atoms with Crippen molar-refractivity contribution in [2.24, 2.45) is 0 Å². The van der Waals surface area contributed by atoms with E-state index >= 15 is 0 Å². The molecule has 3 N–H and O–H groups in total. The van der Waals surface area contributed by atoms with Gasteiger partial charge < -0.3 is 9.84 Å². The Hall–Kier alpha value is -2.87. The summed E-state index contributed by atoms with van der Waals surface area (Å²) in [6.45, 7) is 3.82. The first-order chi connectivity index (χ1) is 12.8. The van der Waals surface area contributed by atoms with E-state index in [1.165, 1.54) is 24.3 Å². The molecule has 0 spiro atoms. The minimum atomic E-state index is -1.23. The number of halogens is 1. The molecule has 7 nitrogen and oxygen atoms in total. The van der Waals surface area contributed by atoms with E-state index in [2.05, 4.69) is 40.6 Å². The van der Waals surface area contributed by atoms with Gasteiger partial charge in [0.2, 0.25) is 0 Å². The Morgan fingerprint density at radius 3 is 2.33 bits per heavy atom. The Balaban J connectivity index is 1.90. The van der Waals surface area contributed by atoms with Gasteiger partial charge in [-0.1, -0.05) is 32.0 Å². The first-order valence-corrected chi connectivity index (χ1v) is 8.92. The summed E-state index contributed by atoms with van der Waals surface area (Å²) < 4.78 is 6.15. The monoisotopic (exact) mass is 434 g/mol. The number of ether oxygens (including phenoxy) is 1. The summed E-state index contributed by atoms with van der Waals surface area (Å²) in [6, 6.07) is 11.3. The lowest BCUT2D eigenvalue weighted by molar-refractivity contribution is -0.123. The number of hydrazine groups is 1. The van der Waals surface area contributed by atoms with E-state index in [0.29, 0.717) is 11.7 Å². The molecule has 0 aliphatic carbocycles. The zero-order valence-corrected chi connectivity index (χ0v) is 16.4. The Kier molecular flexibility index (Phi) is 6.95. The van der Waals surface area contributed by atoms with Crippen LogP contribution in [0.4, 0.5) is 0 Å².